The molecule has 0 aliphatic heterocycles. The van der Waals surface area contributed by atoms with E-state index in [0.717, 1.165) is 10.4 Å². The summed E-state index contributed by atoms with van der Waals surface area (Å²) in [5.41, 5.74) is 1.07. The highest BCUT2D eigenvalue weighted by Crippen LogP contribution is 2.41. The van der Waals surface area contributed by atoms with Gasteiger partial charge in [0.05, 0.1) is 0 Å². The average Bonchev–Trinajstić information content (AvgIpc) is 2.29. The van der Waals surface area contributed by atoms with Gasteiger partial charge in [0.15, 0.2) is 0 Å². The largest absolute Gasteiger partial charge is 0.506 e. The van der Waals surface area contributed by atoms with Gasteiger partial charge in [-0.3, -0.25) is 0 Å². The van der Waals surface area contributed by atoms with Crippen molar-refractivity contribution in [2.45, 2.75) is 46.5 Å². The molecule has 2 heteroatoms. The number of hydrogen-bond acceptors (Lipinski definition) is 2. The molecule has 1 aromatic rings. The standard InChI is InChI=1S/C11H18OS/c1-6(2)10-8(5)9(12)11(13-10)7(3)4/h6-7,12H,1-5H3. The van der Waals surface area contributed by atoms with E-state index in [1.54, 1.807) is 11.3 Å². The molecular formula is C11H18OS. The lowest BCUT2D eigenvalue weighted by Gasteiger charge is -2.01. The Morgan fingerprint density at radius 3 is 1.69 bits per heavy atom. The van der Waals surface area contributed by atoms with Crippen LogP contribution in [0.2, 0.25) is 0 Å². The molecule has 1 N–H and O–H groups in total. The van der Waals surface area contributed by atoms with Crippen LogP contribution < -0.4 is 0 Å². The minimum atomic E-state index is 0.427. The fourth-order valence-electron chi connectivity index (χ4n) is 1.49. The smallest absolute Gasteiger partial charge is 0.132 e. The predicted molar refractivity (Wildman–Crippen MR) is 58.9 cm³/mol. The van der Waals surface area contributed by atoms with Crippen molar-refractivity contribution in [3.63, 3.8) is 0 Å². The molecule has 0 unspecified atom stereocenters. The van der Waals surface area contributed by atoms with Crippen molar-refractivity contribution >= 4 is 11.3 Å². The average molecular weight is 198 g/mol. The summed E-state index contributed by atoms with van der Waals surface area (Å²) in [4.78, 5) is 2.45. The molecule has 1 nitrogen and oxygen atoms in total. The summed E-state index contributed by atoms with van der Waals surface area (Å²) in [5.74, 6) is 1.46. The van der Waals surface area contributed by atoms with Gasteiger partial charge >= 0.3 is 0 Å². The van der Waals surface area contributed by atoms with Crippen molar-refractivity contribution in [3.05, 3.63) is 15.3 Å². The van der Waals surface area contributed by atoms with Gasteiger partial charge in [0.1, 0.15) is 5.75 Å². The maximum absolute atomic E-state index is 9.85. The minimum Gasteiger partial charge on any atom is -0.506 e. The first-order valence-electron chi connectivity index (χ1n) is 4.77. The summed E-state index contributed by atoms with van der Waals surface area (Å²) in [6, 6.07) is 0. The van der Waals surface area contributed by atoms with E-state index in [0.29, 0.717) is 17.6 Å². The molecule has 0 aliphatic carbocycles. The van der Waals surface area contributed by atoms with E-state index in [1.807, 2.05) is 6.92 Å². The van der Waals surface area contributed by atoms with E-state index < -0.39 is 0 Å². The molecule has 1 heterocycles. The van der Waals surface area contributed by atoms with Crippen LogP contribution in [-0.2, 0) is 0 Å². The van der Waals surface area contributed by atoms with Gasteiger partial charge in [-0.05, 0) is 18.8 Å². The molecular weight excluding hydrogens is 180 g/mol. The highest BCUT2D eigenvalue weighted by molar-refractivity contribution is 7.12. The Morgan fingerprint density at radius 2 is 1.46 bits per heavy atom. The Bertz CT molecular complexity index is 269. The topological polar surface area (TPSA) is 20.2 Å². The molecule has 0 aliphatic rings. The SMILES string of the molecule is Cc1c(C(C)C)sc(C(C)C)c1O. The van der Waals surface area contributed by atoms with Crippen LogP contribution in [0, 0.1) is 6.92 Å². The molecule has 0 fully saturated rings. The van der Waals surface area contributed by atoms with Crippen molar-refractivity contribution < 1.29 is 5.11 Å². The summed E-state index contributed by atoms with van der Waals surface area (Å²) >= 11 is 1.75. The predicted octanol–water partition coefficient (Wildman–Crippen LogP) is 4.01. The number of aromatic hydroxyl groups is 1. The van der Waals surface area contributed by atoms with Crippen molar-refractivity contribution in [1.29, 1.82) is 0 Å². The molecule has 1 rings (SSSR count). The summed E-state index contributed by atoms with van der Waals surface area (Å²) in [5, 5.41) is 9.85. The first-order chi connectivity index (χ1) is 5.95. The summed E-state index contributed by atoms with van der Waals surface area (Å²) in [6.45, 7) is 10.6. The van der Waals surface area contributed by atoms with Gasteiger partial charge in [0.2, 0.25) is 0 Å². The van der Waals surface area contributed by atoms with Gasteiger partial charge in [-0.25, -0.2) is 0 Å². The Hall–Kier alpha value is -0.500. The van der Waals surface area contributed by atoms with E-state index in [2.05, 4.69) is 27.7 Å². The third-order valence-electron chi connectivity index (χ3n) is 2.23. The Labute approximate surface area is 84.4 Å². The fourth-order valence-corrected chi connectivity index (χ4v) is 2.69. The number of rotatable bonds is 2. The Kier molecular flexibility index (Phi) is 3.01. The van der Waals surface area contributed by atoms with Crippen LogP contribution in [0.25, 0.3) is 0 Å². The molecule has 0 amide bonds. The van der Waals surface area contributed by atoms with E-state index in [9.17, 15) is 5.11 Å². The van der Waals surface area contributed by atoms with Crippen LogP contribution >= 0.6 is 11.3 Å². The number of thiophene rings is 1. The van der Waals surface area contributed by atoms with E-state index in [1.165, 1.54) is 4.88 Å². The lowest BCUT2D eigenvalue weighted by molar-refractivity contribution is 0.464. The third-order valence-corrected chi connectivity index (χ3v) is 4.11. The third kappa shape index (κ3) is 1.88. The van der Waals surface area contributed by atoms with Crippen molar-refractivity contribution in [2.24, 2.45) is 0 Å². The molecule has 74 valence electrons. The van der Waals surface area contributed by atoms with Gasteiger partial charge < -0.3 is 5.11 Å². The van der Waals surface area contributed by atoms with Crippen LogP contribution in [0.3, 0.4) is 0 Å². The van der Waals surface area contributed by atoms with Crippen LogP contribution in [-0.4, -0.2) is 5.11 Å². The van der Waals surface area contributed by atoms with Gasteiger partial charge in [-0.2, -0.15) is 0 Å². The second-order valence-corrected chi connectivity index (χ2v) is 5.20. The first-order valence-corrected chi connectivity index (χ1v) is 5.59. The molecule has 0 atom stereocenters. The monoisotopic (exact) mass is 198 g/mol. The maximum atomic E-state index is 9.85. The summed E-state index contributed by atoms with van der Waals surface area (Å²) < 4.78 is 0. The molecule has 1 aromatic heterocycles. The zero-order valence-electron chi connectivity index (χ0n) is 9.01. The second-order valence-electron chi connectivity index (χ2n) is 4.11. The highest BCUT2D eigenvalue weighted by atomic mass is 32.1. The summed E-state index contributed by atoms with van der Waals surface area (Å²) in [6.07, 6.45) is 0. The van der Waals surface area contributed by atoms with Gasteiger partial charge in [-0.1, -0.05) is 27.7 Å². The lowest BCUT2D eigenvalue weighted by Crippen LogP contribution is -1.83. The Balaban J connectivity index is 3.20. The summed E-state index contributed by atoms with van der Waals surface area (Å²) in [7, 11) is 0. The zero-order chi connectivity index (χ0) is 10.2. The van der Waals surface area contributed by atoms with E-state index in [4.69, 9.17) is 0 Å². The second kappa shape index (κ2) is 3.70. The van der Waals surface area contributed by atoms with Gasteiger partial charge in [0.25, 0.3) is 0 Å². The quantitative estimate of drug-likeness (QED) is 0.761. The van der Waals surface area contributed by atoms with Gasteiger partial charge in [0, 0.05) is 15.3 Å². The van der Waals surface area contributed by atoms with E-state index >= 15 is 0 Å². The Morgan fingerprint density at radius 1 is 1.00 bits per heavy atom. The van der Waals surface area contributed by atoms with Gasteiger partial charge in [-0.15, -0.1) is 11.3 Å². The molecule has 0 bridgehead atoms. The maximum Gasteiger partial charge on any atom is 0.132 e. The highest BCUT2D eigenvalue weighted by Gasteiger charge is 2.17. The van der Waals surface area contributed by atoms with E-state index in [-0.39, 0.29) is 0 Å². The molecule has 0 saturated carbocycles. The molecule has 0 radical (unpaired) electrons. The van der Waals surface area contributed by atoms with Crippen molar-refractivity contribution in [3.8, 4) is 5.75 Å². The fraction of sp³-hybridized carbons (Fsp3) is 0.636. The van der Waals surface area contributed by atoms with Crippen LogP contribution in [0.5, 0.6) is 5.75 Å². The lowest BCUT2D eigenvalue weighted by atomic mass is 10.1. The zero-order valence-corrected chi connectivity index (χ0v) is 9.83. The van der Waals surface area contributed by atoms with Crippen LogP contribution in [0.1, 0.15) is 54.8 Å². The molecule has 0 saturated heterocycles. The normalized spacial score (nSPS) is 11.6. The molecule has 0 spiro atoms. The molecule has 13 heavy (non-hydrogen) atoms. The van der Waals surface area contributed by atoms with Crippen molar-refractivity contribution in [1.82, 2.24) is 0 Å². The van der Waals surface area contributed by atoms with Crippen LogP contribution in [0.15, 0.2) is 0 Å². The number of hydrogen-bond donors (Lipinski definition) is 1. The van der Waals surface area contributed by atoms with Crippen molar-refractivity contribution in [2.75, 3.05) is 0 Å². The molecule has 0 aromatic carbocycles. The first kappa shape index (κ1) is 10.6. The van der Waals surface area contributed by atoms with Crippen LogP contribution in [0.4, 0.5) is 0 Å². The minimum absolute atomic E-state index is 0.427.